The van der Waals surface area contributed by atoms with Crippen LogP contribution in [0.15, 0.2) is 0 Å². The molecule has 1 aliphatic carbocycles. The standard InChI is InChI=1S/C13H22N2O/c1-10(2)5-6-11(3)15-12(16)13(9-14)7-4-8-13/h10-11H,4-8H2,1-3H3,(H,15,16). The van der Waals surface area contributed by atoms with Crippen LogP contribution in [0.1, 0.15) is 52.9 Å². The Hall–Kier alpha value is -1.04. The van der Waals surface area contributed by atoms with Gasteiger partial charge in [-0.15, -0.1) is 0 Å². The monoisotopic (exact) mass is 222 g/mol. The first-order chi connectivity index (χ1) is 7.50. The minimum Gasteiger partial charge on any atom is -0.352 e. The van der Waals surface area contributed by atoms with E-state index in [1.807, 2.05) is 6.92 Å². The van der Waals surface area contributed by atoms with Crippen LogP contribution in [0.3, 0.4) is 0 Å². The zero-order valence-corrected chi connectivity index (χ0v) is 10.5. The lowest BCUT2D eigenvalue weighted by Gasteiger charge is -2.34. The van der Waals surface area contributed by atoms with Crippen LogP contribution in [0.2, 0.25) is 0 Å². The molecule has 90 valence electrons. The topological polar surface area (TPSA) is 52.9 Å². The van der Waals surface area contributed by atoms with Crippen LogP contribution in [-0.2, 0) is 4.79 Å². The minimum absolute atomic E-state index is 0.0579. The summed E-state index contributed by atoms with van der Waals surface area (Å²) in [5.74, 6) is 0.602. The van der Waals surface area contributed by atoms with Gasteiger partial charge >= 0.3 is 0 Å². The van der Waals surface area contributed by atoms with Crippen molar-refractivity contribution in [2.75, 3.05) is 0 Å². The summed E-state index contributed by atoms with van der Waals surface area (Å²) in [6, 6.07) is 2.35. The lowest BCUT2D eigenvalue weighted by molar-refractivity contribution is -0.132. The van der Waals surface area contributed by atoms with Gasteiger partial charge in [0.25, 0.3) is 0 Å². The molecule has 0 spiro atoms. The molecule has 0 aromatic heterocycles. The Balaban J connectivity index is 2.36. The summed E-state index contributed by atoms with van der Waals surface area (Å²) in [6.07, 6.45) is 4.56. The molecule has 0 radical (unpaired) electrons. The molecule has 0 aliphatic heterocycles. The number of nitrogens with one attached hydrogen (secondary N) is 1. The average molecular weight is 222 g/mol. The molecule has 0 heterocycles. The van der Waals surface area contributed by atoms with Crippen LogP contribution < -0.4 is 5.32 Å². The number of carbonyl (C=O) groups excluding carboxylic acids is 1. The predicted octanol–water partition coefficient (Wildman–Crippen LogP) is 2.62. The van der Waals surface area contributed by atoms with Crippen molar-refractivity contribution in [3.63, 3.8) is 0 Å². The highest BCUT2D eigenvalue weighted by Crippen LogP contribution is 2.40. The number of hydrogen-bond acceptors (Lipinski definition) is 2. The average Bonchev–Trinajstić information content (AvgIpc) is 2.13. The van der Waals surface area contributed by atoms with Gasteiger partial charge in [-0.3, -0.25) is 4.79 Å². The van der Waals surface area contributed by atoms with E-state index in [0.717, 1.165) is 32.1 Å². The van der Waals surface area contributed by atoms with Gasteiger partial charge in [0, 0.05) is 6.04 Å². The summed E-state index contributed by atoms with van der Waals surface area (Å²) in [7, 11) is 0. The van der Waals surface area contributed by atoms with Gasteiger partial charge in [0.2, 0.25) is 5.91 Å². The molecule has 1 rings (SSSR count). The number of carbonyl (C=O) groups is 1. The number of rotatable bonds is 5. The fourth-order valence-corrected chi connectivity index (χ4v) is 1.94. The highest BCUT2D eigenvalue weighted by molar-refractivity contribution is 5.86. The molecule has 3 nitrogen and oxygen atoms in total. The maximum absolute atomic E-state index is 11.9. The summed E-state index contributed by atoms with van der Waals surface area (Å²) < 4.78 is 0. The molecule has 1 aliphatic rings. The van der Waals surface area contributed by atoms with Crippen molar-refractivity contribution >= 4 is 5.91 Å². The van der Waals surface area contributed by atoms with E-state index in [1.54, 1.807) is 0 Å². The van der Waals surface area contributed by atoms with Gasteiger partial charge in [0.15, 0.2) is 0 Å². The highest BCUT2D eigenvalue weighted by Gasteiger charge is 2.44. The summed E-state index contributed by atoms with van der Waals surface area (Å²) in [5, 5.41) is 12.0. The molecule has 0 aromatic rings. The first-order valence-corrected chi connectivity index (χ1v) is 6.22. The molecule has 0 bridgehead atoms. The Morgan fingerprint density at radius 2 is 2.00 bits per heavy atom. The lowest BCUT2D eigenvalue weighted by Crippen LogP contribution is -2.47. The fraction of sp³-hybridized carbons (Fsp3) is 0.846. The van der Waals surface area contributed by atoms with Gasteiger partial charge in [-0.1, -0.05) is 13.8 Å². The predicted molar refractivity (Wildman–Crippen MR) is 63.6 cm³/mol. The van der Waals surface area contributed by atoms with Crippen LogP contribution in [0.5, 0.6) is 0 Å². The molecule has 1 amide bonds. The largest absolute Gasteiger partial charge is 0.352 e. The Morgan fingerprint density at radius 1 is 1.38 bits per heavy atom. The Kier molecular flexibility index (Phi) is 4.35. The van der Waals surface area contributed by atoms with Gasteiger partial charge in [-0.25, -0.2) is 0 Å². The molecule has 1 fully saturated rings. The maximum atomic E-state index is 11.9. The van der Waals surface area contributed by atoms with Crippen molar-refractivity contribution in [2.45, 2.75) is 58.9 Å². The molecule has 16 heavy (non-hydrogen) atoms. The van der Waals surface area contributed by atoms with E-state index in [1.165, 1.54) is 0 Å². The van der Waals surface area contributed by atoms with Crippen molar-refractivity contribution in [3.05, 3.63) is 0 Å². The van der Waals surface area contributed by atoms with Crippen LogP contribution in [0, 0.1) is 22.7 Å². The van der Waals surface area contributed by atoms with Crippen molar-refractivity contribution in [1.29, 1.82) is 5.26 Å². The van der Waals surface area contributed by atoms with Gasteiger partial charge in [0.1, 0.15) is 5.41 Å². The molecular weight excluding hydrogens is 200 g/mol. The van der Waals surface area contributed by atoms with Crippen LogP contribution in [-0.4, -0.2) is 11.9 Å². The zero-order chi connectivity index (χ0) is 12.2. The molecule has 0 aromatic carbocycles. The first kappa shape index (κ1) is 13.0. The maximum Gasteiger partial charge on any atom is 0.240 e. The van der Waals surface area contributed by atoms with E-state index in [4.69, 9.17) is 5.26 Å². The quantitative estimate of drug-likeness (QED) is 0.777. The second-order valence-electron chi connectivity index (χ2n) is 5.39. The van der Waals surface area contributed by atoms with Gasteiger partial charge < -0.3 is 5.32 Å². The normalized spacial score (nSPS) is 19.7. The van der Waals surface area contributed by atoms with E-state index in [9.17, 15) is 4.79 Å². The van der Waals surface area contributed by atoms with Crippen molar-refractivity contribution in [3.8, 4) is 6.07 Å². The Labute approximate surface area is 98.2 Å². The second-order valence-corrected chi connectivity index (χ2v) is 5.39. The molecule has 0 saturated heterocycles. The summed E-state index contributed by atoms with van der Waals surface area (Å²) in [6.45, 7) is 6.37. The highest BCUT2D eigenvalue weighted by atomic mass is 16.2. The van der Waals surface area contributed by atoms with Crippen molar-refractivity contribution < 1.29 is 4.79 Å². The Morgan fingerprint density at radius 3 is 2.38 bits per heavy atom. The molecule has 1 saturated carbocycles. The van der Waals surface area contributed by atoms with Crippen LogP contribution in [0.25, 0.3) is 0 Å². The third kappa shape index (κ3) is 2.98. The second kappa shape index (κ2) is 5.34. The summed E-state index contributed by atoms with van der Waals surface area (Å²) in [5.41, 5.74) is -0.702. The number of hydrogen-bond donors (Lipinski definition) is 1. The summed E-state index contributed by atoms with van der Waals surface area (Å²) >= 11 is 0. The molecule has 1 unspecified atom stereocenters. The smallest absolute Gasteiger partial charge is 0.240 e. The van der Waals surface area contributed by atoms with E-state index < -0.39 is 5.41 Å². The number of amides is 1. The molecule has 1 N–H and O–H groups in total. The molecule has 1 atom stereocenters. The third-order valence-corrected chi connectivity index (χ3v) is 3.41. The van der Waals surface area contributed by atoms with Crippen LogP contribution >= 0.6 is 0 Å². The van der Waals surface area contributed by atoms with E-state index in [2.05, 4.69) is 25.2 Å². The van der Waals surface area contributed by atoms with Gasteiger partial charge in [-0.05, 0) is 44.9 Å². The summed E-state index contributed by atoms with van der Waals surface area (Å²) in [4.78, 5) is 11.9. The fourth-order valence-electron chi connectivity index (χ4n) is 1.94. The molecular formula is C13H22N2O. The Bertz CT molecular complexity index is 287. The number of nitrogens with zero attached hydrogens (tertiary/aromatic N) is 1. The lowest BCUT2D eigenvalue weighted by atomic mass is 9.69. The zero-order valence-electron chi connectivity index (χ0n) is 10.5. The van der Waals surface area contributed by atoms with E-state index in [-0.39, 0.29) is 11.9 Å². The first-order valence-electron chi connectivity index (χ1n) is 6.22. The van der Waals surface area contributed by atoms with E-state index in [0.29, 0.717) is 5.92 Å². The number of nitriles is 1. The van der Waals surface area contributed by atoms with Crippen molar-refractivity contribution in [1.82, 2.24) is 5.32 Å². The van der Waals surface area contributed by atoms with Crippen molar-refractivity contribution in [2.24, 2.45) is 11.3 Å². The molecule has 3 heteroatoms. The minimum atomic E-state index is -0.702. The van der Waals surface area contributed by atoms with Gasteiger partial charge in [-0.2, -0.15) is 5.26 Å². The van der Waals surface area contributed by atoms with Crippen LogP contribution in [0.4, 0.5) is 0 Å². The van der Waals surface area contributed by atoms with Gasteiger partial charge in [0.05, 0.1) is 6.07 Å². The van der Waals surface area contributed by atoms with E-state index >= 15 is 0 Å². The SMILES string of the molecule is CC(C)CCC(C)NC(=O)C1(C#N)CCC1. The third-order valence-electron chi connectivity index (χ3n) is 3.41.